The Balaban J connectivity index is 1.26. The number of fused-ring (bicyclic) bond motifs is 1. The Morgan fingerprint density at radius 1 is 0.909 bits per heavy atom. The number of piperidine rings is 1. The molecule has 5 rings (SSSR count). The number of benzene rings is 4. The van der Waals surface area contributed by atoms with Crippen molar-refractivity contribution >= 4 is 16.7 Å². The lowest BCUT2D eigenvalue weighted by atomic mass is 9.98. The van der Waals surface area contributed by atoms with Crippen molar-refractivity contribution in [3.63, 3.8) is 0 Å². The van der Waals surface area contributed by atoms with Gasteiger partial charge in [-0.1, -0.05) is 66.7 Å². The van der Waals surface area contributed by atoms with Crippen LogP contribution in [0.4, 0.5) is 4.39 Å². The Morgan fingerprint density at radius 2 is 1.67 bits per heavy atom. The smallest absolute Gasteiger partial charge is 0.252 e. The lowest BCUT2D eigenvalue weighted by molar-refractivity contribution is 0.0901. The maximum atomic E-state index is 13.5. The minimum absolute atomic E-state index is 0.0194. The van der Waals surface area contributed by atoms with Crippen molar-refractivity contribution in [1.29, 1.82) is 0 Å². The molecule has 1 amide bonds. The lowest BCUT2D eigenvalue weighted by Gasteiger charge is -2.33. The Hall–Kier alpha value is -3.50. The Kier molecular flexibility index (Phi) is 6.18. The second-order valence-electron chi connectivity index (χ2n) is 8.79. The molecule has 0 saturated carbocycles. The van der Waals surface area contributed by atoms with Gasteiger partial charge in [0.2, 0.25) is 0 Å². The van der Waals surface area contributed by atoms with Gasteiger partial charge < -0.3 is 5.32 Å². The first-order chi connectivity index (χ1) is 16.2. The zero-order valence-electron chi connectivity index (χ0n) is 18.5. The van der Waals surface area contributed by atoms with Crippen LogP contribution in [0.15, 0.2) is 91.0 Å². The summed E-state index contributed by atoms with van der Waals surface area (Å²) >= 11 is 0. The summed E-state index contributed by atoms with van der Waals surface area (Å²) in [4.78, 5) is 15.6. The maximum absolute atomic E-state index is 13.5. The van der Waals surface area contributed by atoms with Crippen molar-refractivity contribution < 1.29 is 9.18 Å². The van der Waals surface area contributed by atoms with Gasteiger partial charge in [0.25, 0.3) is 5.91 Å². The second-order valence-corrected chi connectivity index (χ2v) is 8.79. The van der Waals surface area contributed by atoms with Crippen LogP contribution in [0.3, 0.4) is 0 Å². The molecule has 1 unspecified atom stereocenters. The number of carbonyl (C=O) groups is 1. The number of nitrogens with zero attached hydrogens (tertiary/aromatic N) is 1. The van der Waals surface area contributed by atoms with Crippen molar-refractivity contribution in [2.45, 2.75) is 25.4 Å². The summed E-state index contributed by atoms with van der Waals surface area (Å²) in [6.07, 6.45) is 2.02. The van der Waals surface area contributed by atoms with Crippen molar-refractivity contribution in [2.24, 2.45) is 0 Å². The predicted octanol–water partition coefficient (Wildman–Crippen LogP) is 6.04. The summed E-state index contributed by atoms with van der Waals surface area (Å²) in [7, 11) is 0. The number of likely N-dealkylation sites (tertiary alicyclic amines) is 1. The molecule has 0 spiro atoms. The van der Waals surface area contributed by atoms with Crippen LogP contribution >= 0.6 is 0 Å². The Morgan fingerprint density at radius 3 is 2.55 bits per heavy atom. The van der Waals surface area contributed by atoms with E-state index in [-0.39, 0.29) is 17.8 Å². The van der Waals surface area contributed by atoms with E-state index in [4.69, 9.17) is 0 Å². The number of hydrogen-bond acceptors (Lipinski definition) is 2. The third-order valence-electron chi connectivity index (χ3n) is 6.37. The Labute approximate surface area is 193 Å². The van der Waals surface area contributed by atoms with E-state index in [2.05, 4.69) is 22.3 Å². The van der Waals surface area contributed by atoms with Gasteiger partial charge in [0.1, 0.15) is 5.82 Å². The third-order valence-corrected chi connectivity index (χ3v) is 6.37. The normalized spacial score (nSPS) is 16.6. The summed E-state index contributed by atoms with van der Waals surface area (Å²) in [5, 5.41) is 5.24. The molecule has 4 aromatic rings. The molecule has 0 bridgehead atoms. The van der Waals surface area contributed by atoms with Crippen molar-refractivity contribution in [3.8, 4) is 11.1 Å². The van der Waals surface area contributed by atoms with E-state index >= 15 is 0 Å². The highest BCUT2D eigenvalue weighted by molar-refractivity contribution is 6.01. The van der Waals surface area contributed by atoms with E-state index in [0.717, 1.165) is 54.4 Å². The quantitative estimate of drug-likeness (QED) is 0.412. The van der Waals surface area contributed by atoms with Gasteiger partial charge in [-0.15, -0.1) is 0 Å². The first-order valence-electron chi connectivity index (χ1n) is 11.5. The fraction of sp³-hybridized carbons (Fsp3) is 0.207. The molecule has 1 aliphatic heterocycles. The largest absolute Gasteiger partial charge is 0.348 e. The van der Waals surface area contributed by atoms with Crippen LogP contribution in [-0.4, -0.2) is 29.9 Å². The molecular weight excluding hydrogens is 411 g/mol. The van der Waals surface area contributed by atoms with E-state index in [1.807, 2.05) is 66.7 Å². The van der Waals surface area contributed by atoms with Crippen LogP contribution in [0.5, 0.6) is 0 Å². The zero-order chi connectivity index (χ0) is 22.6. The van der Waals surface area contributed by atoms with Gasteiger partial charge in [-0.05, 0) is 71.1 Å². The van der Waals surface area contributed by atoms with E-state index in [9.17, 15) is 9.18 Å². The molecule has 1 fully saturated rings. The molecule has 166 valence electrons. The van der Waals surface area contributed by atoms with Crippen molar-refractivity contribution in [1.82, 2.24) is 10.2 Å². The van der Waals surface area contributed by atoms with Crippen LogP contribution in [0.2, 0.25) is 0 Å². The van der Waals surface area contributed by atoms with Gasteiger partial charge in [0.15, 0.2) is 0 Å². The van der Waals surface area contributed by atoms with Crippen molar-refractivity contribution in [2.75, 3.05) is 13.1 Å². The minimum atomic E-state index is -0.210. The molecular formula is C29H27FN2O. The monoisotopic (exact) mass is 438 g/mol. The number of rotatable bonds is 5. The summed E-state index contributed by atoms with van der Waals surface area (Å²) in [6, 6.07) is 29.0. The first-order valence-corrected chi connectivity index (χ1v) is 11.5. The molecule has 4 heteroatoms. The fourth-order valence-corrected chi connectivity index (χ4v) is 4.75. The van der Waals surface area contributed by atoms with Gasteiger partial charge in [0, 0.05) is 24.7 Å². The van der Waals surface area contributed by atoms with E-state index in [1.54, 1.807) is 6.07 Å². The topological polar surface area (TPSA) is 32.3 Å². The van der Waals surface area contributed by atoms with Gasteiger partial charge in [-0.3, -0.25) is 9.69 Å². The van der Waals surface area contributed by atoms with Gasteiger partial charge >= 0.3 is 0 Å². The molecule has 0 aromatic heterocycles. The summed E-state index contributed by atoms with van der Waals surface area (Å²) in [5.41, 5.74) is 3.92. The highest BCUT2D eigenvalue weighted by atomic mass is 19.1. The third kappa shape index (κ3) is 4.96. The van der Waals surface area contributed by atoms with Gasteiger partial charge in [-0.25, -0.2) is 4.39 Å². The summed E-state index contributed by atoms with van der Waals surface area (Å²) < 4.78 is 13.5. The standard InChI is InChI=1S/C29H27FN2O/c30-25-15-14-23-17-21(12-13-24(23)18-25)19-32-16-6-9-26(20-32)31-29(33)28-11-5-4-10-27(28)22-7-2-1-3-8-22/h1-5,7-8,10-15,17-18,26H,6,9,16,19-20H2,(H,31,33). The average Bonchev–Trinajstić information content (AvgIpc) is 2.85. The fourth-order valence-electron chi connectivity index (χ4n) is 4.75. The van der Waals surface area contributed by atoms with Crippen LogP contribution < -0.4 is 5.32 Å². The maximum Gasteiger partial charge on any atom is 0.252 e. The number of nitrogens with one attached hydrogen (secondary N) is 1. The van der Waals surface area contributed by atoms with E-state index in [0.29, 0.717) is 5.56 Å². The highest BCUT2D eigenvalue weighted by Gasteiger charge is 2.23. The lowest BCUT2D eigenvalue weighted by Crippen LogP contribution is -2.47. The predicted molar refractivity (Wildman–Crippen MR) is 132 cm³/mol. The molecule has 0 radical (unpaired) electrons. The average molecular weight is 439 g/mol. The molecule has 1 N–H and O–H groups in total. The van der Waals surface area contributed by atoms with Crippen LogP contribution in [0.25, 0.3) is 21.9 Å². The Bertz CT molecular complexity index is 1270. The first kappa shape index (κ1) is 21.4. The van der Waals surface area contributed by atoms with Crippen LogP contribution in [-0.2, 0) is 6.54 Å². The van der Waals surface area contributed by atoms with E-state index in [1.165, 1.54) is 11.6 Å². The molecule has 33 heavy (non-hydrogen) atoms. The summed E-state index contributed by atoms with van der Waals surface area (Å²) in [5.74, 6) is -0.229. The number of hydrogen-bond donors (Lipinski definition) is 1. The summed E-state index contributed by atoms with van der Waals surface area (Å²) in [6.45, 7) is 2.65. The molecule has 1 heterocycles. The molecule has 0 aliphatic carbocycles. The SMILES string of the molecule is O=C(NC1CCCN(Cc2ccc3cc(F)ccc3c2)C1)c1ccccc1-c1ccccc1. The molecule has 1 saturated heterocycles. The van der Waals surface area contributed by atoms with Gasteiger partial charge in [-0.2, -0.15) is 0 Å². The van der Waals surface area contributed by atoms with E-state index < -0.39 is 0 Å². The molecule has 1 aliphatic rings. The zero-order valence-corrected chi connectivity index (χ0v) is 18.5. The molecule has 4 aromatic carbocycles. The van der Waals surface area contributed by atoms with Crippen LogP contribution in [0.1, 0.15) is 28.8 Å². The number of carbonyl (C=O) groups excluding carboxylic acids is 1. The number of halogens is 1. The molecule has 1 atom stereocenters. The van der Waals surface area contributed by atoms with Crippen LogP contribution in [0, 0.1) is 5.82 Å². The second kappa shape index (κ2) is 9.55. The minimum Gasteiger partial charge on any atom is -0.348 e. The highest BCUT2D eigenvalue weighted by Crippen LogP contribution is 2.24. The van der Waals surface area contributed by atoms with Crippen molar-refractivity contribution in [3.05, 3.63) is 108 Å². The van der Waals surface area contributed by atoms with Gasteiger partial charge in [0.05, 0.1) is 0 Å². The molecule has 3 nitrogen and oxygen atoms in total. The number of amides is 1.